The lowest BCUT2D eigenvalue weighted by Crippen LogP contribution is -2.73. The summed E-state index contributed by atoms with van der Waals surface area (Å²) in [4.78, 5) is 43.8. The van der Waals surface area contributed by atoms with E-state index >= 15 is 0 Å². The summed E-state index contributed by atoms with van der Waals surface area (Å²) in [5.74, 6) is -2.86. The molecule has 16 heteroatoms. The van der Waals surface area contributed by atoms with E-state index in [1.54, 1.807) is 0 Å². The molecule has 28 heavy (non-hydrogen) atoms. The molecule has 1 aromatic rings. The Balaban J connectivity index is 2.18. The number of oxime groups is 1. The summed E-state index contributed by atoms with van der Waals surface area (Å²) < 4.78 is 36.9. The van der Waals surface area contributed by atoms with Crippen LogP contribution in [0.15, 0.2) is 10.5 Å². The second kappa shape index (κ2) is 8.46. The Hall–Kier alpha value is -2.82. The van der Waals surface area contributed by atoms with Crippen LogP contribution in [0.1, 0.15) is 5.69 Å². The van der Waals surface area contributed by atoms with Gasteiger partial charge in [0.2, 0.25) is 5.91 Å². The van der Waals surface area contributed by atoms with Crippen molar-refractivity contribution in [1.29, 1.82) is 0 Å². The molecule has 0 spiro atoms. The van der Waals surface area contributed by atoms with Gasteiger partial charge in [-0.2, -0.15) is 8.42 Å². The van der Waals surface area contributed by atoms with Gasteiger partial charge in [-0.05, 0) is 0 Å². The van der Waals surface area contributed by atoms with Crippen molar-refractivity contribution in [3.05, 3.63) is 11.1 Å². The van der Waals surface area contributed by atoms with E-state index < -0.39 is 53.3 Å². The summed E-state index contributed by atoms with van der Waals surface area (Å²) in [6.07, 6.45) is 0. The highest BCUT2D eigenvalue weighted by atomic mass is 32.2. The largest absolute Gasteiger partial charge is 0.398 e. The Labute approximate surface area is 162 Å². The predicted molar refractivity (Wildman–Crippen MR) is 94.2 cm³/mol. The zero-order chi connectivity index (χ0) is 21.1. The van der Waals surface area contributed by atoms with E-state index in [4.69, 9.17) is 20.8 Å². The number of anilines is 1. The van der Waals surface area contributed by atoms with Crippen LogP contribution in [0.25, 0.3) is 0 Å². The van der Waals surface area contributed by atoms with E-state index in [9.17, 15) is 22.8 Å². The summed E-state index contributed by atoms with van der Waals surface area (Å²) in [5, 5.41) is 7.37. The molecule has 0 bridgehead atoms. The van der Waals surface area contributed by atoms with E-state index in [-0.39, 0.29) is 20.8 Å². The summed E-state index contributed by atoms with van der Waals surface area (Å²) in [6.45, 7) is -1.06. The van der Waals surface area contributed by atoms with Crippen molar-refractivity contribution in [1.82, 2.24) is 14.6 Å². The first-order valence-corrected chi connectivity index (χ1v) is 9.64. The highest BCUT2D eigenvalue weighted by Gasteiger charge is 2.54. The number of β-lactam (4-membered cyclic amide) rings is 1. The van der Waals surface area contributed by atoms with Gasteiger partial charge in [0, 0.05) is 5.38 Å². The van der Waals surface area contributed by atoms with Crippen molar-refractivity contribution >= 4 is 50.2 Å². The molecule has 1 saturated heterocycles. The maximum absolute atomic E-state index is 12.5. The fourth-order valence-electron chi connectivity index (χ4n) is 2.31. The fraction of sp³-hybridized carbons (Fsp3) is 0.417. The van der Waals surface area contributed by atoms with Crippen molar-refractivity contribution in [3.63, 3.8) is 0 Å². The third-order valence-corrected chi connectivity index (χ3v) is 5.02. The number of ether oxygens (including phenoxy) is 1. The lowest BCUT2D eigenvalue weighted by Gasteiger charge is -2.43. The van der Waals surface area contributed by atoms with Crippen LogP contribution in [0.2, 0.25) is 0 Å². The van der Waals surface area contributed by atoms with Crippen LogP contribution in [0.3, 0.4) is 0 Å². The molecule has 1 aliphatic heterocycles. The number of thiazole rings is 1. The van der Waals surface area contributed by atoms with Gasteiger partial charge in [-0.25, -0.2) is 9.29 Å². The summed E-state index contributed by atoms with van der Waals surface area (Å²) in [5.41, 5.74) is 10.2. The molecule has 1 aliphatic rings. The molecule has 2 atom stereocenters. The van der Waals surface area contributed by atoms with Gasteiger partial charge in [-0.3, -0.25) is 18.9 Å². The average Bonchev–Trinajstić information content (AvgIpc) is 3.01. The number of hydrogen-bond donors (Lipinski definition) is 4. The predicted octanol–water partition coefficient (Wildman–Crippen LogP) is -2.92. The van der Waals surface area contributed by atoms with Crippen LogP contribution in [0.5, 0.6) is 0 Å². The van der Waals surface area contributed by atoms with Crippen molar-refractivity contribution in [2.75, 3.05) is 26.1 Å². The molecular weight excluding hydrogens is 420 g/mol. The minimum Gasteiger partial charge on any atom is -0.398 e. The van der Waals surface area contributed by atoms with E-state index in [0.29, 0.717) is 0 Å². The number of carbonyl (C=O) groups excluding carboxylic acids is 3. The SMILES string of the molecule is CO/N=C(\C(=O)N[C@@H]1C(=O)N(S(=O)(=O)O)[C@@H]1COCC(N)=O)c1csc(N)n1. The van der Waals surface area contributed by atoms with Crippen LogP contribution >= 0.6 is 11.3 Å². The number of nitrogens with zero attached hydrogens (tertiary/aromatic N) is 3. The number of nitrogens with one attached hydrogen (secondary N) is 1. The first kappa shape index (κ1) is 21.5. The smallest absolute Gasteiger partial charge is 0.362 e. The van der Waals surface area contributed by atoms with Crippen LogP contribution < -0.4 is 16.8 Å². The fourth-order valence-corrected chi connectivity index (χ4v) is 3.72. The number of rotatable bonds is 9. The summed E-state index contributed by atoms with van der Waals surface area (Å²) in [6, 6.07) is -2.70. The molecule has 154 valence electrons. The first-order chi connectivity index (χ1) is 13.1. The molecule has 2 rings (SSSR count). The minimum atomic E-state index is -4.91. The van der Waals surface area contributed by atoms with Crippen molar-refractivity contribution in [2.24, 2.45) is 10.9 Å². The maximum Gasteiger partial charge on any atom is 0.362 e. The molecule has 1 fully saturated rings. The maximum atomic E-state index is 12.5. The van der Waals surface area contributed by atoms with Gasteiger partial charge >= 0.3 is 10.3 Å². The summed E-state index contributed by atoms with van der Waals surface area (Å²) in [7, 11) is -3.73. The molecule has 0 saturated carbocycles. The monoisotopic (exact) mass is 436 g/mol. The molecule has 0 aromatic carbocycles. The zero-order valence-electron chi connectivity index (χ0n) is 14.3. The molecule has 3 amide bonds. The van der Waals surface area contributed by atoms with E-state index in [1.165, 1.54) is 12.5 Å². The number of hydrogen-bond acceptors (Lipinski definition) is 11. The lowest BCUT2D eigenvalue weighted by atomic mass is 9.99. The molecular formula is C12H16N6O8S2. The molecule has 14 nitrogen and oxygen atoms in total. The Bertz CT molecular complexity index is 913. The van der Waals surface area contributed by atoms with Gasteiger partial charge in [0.05, 0.1) is 6.61 Å². The minimum absolute atomic E-state index is 0.0711. The van der Waals surface area contributed by atoms with Crippen LogP contribution in [-0.4, -0.2) is 78.1 Å². The number of nitrogens with two attached hydrogens (primary N) is 2. The van der Waals surface area contributed by atoms with E-state index in [0.717, 1.165) is 11.3 Å². The van der Waals surface area contributed by atoms with Gasteiger partial charge < -0.3 is 26.4 Å². The number of primary amides is 1. The topological polar surface area (TPSA) is 217 Å². The highest BCUT2D eigenvalue weighted by Crippen LogP contribution is 2.24. The molecule has 0 radical (unpaired) electrons. The average molecular weight is 436 g/mol. The lowest BCUT2D eigenvalue weighted by molar-refractivity contribution is -0.148. The Morgan fingerprint density at radius 2 is 2.18 bits per heavy atom. The van der Waals surface area contributed by atoms with Crippen molar-refractivity contribution < 1.29 is 36.9 Å². The number of amides is 3. The molecule has 1 aromatic heterocycles. The van der Waals surface area contributed by atoms with E-state index in [1.807, 2.05) is 0 Å². The summed E-state index contributed by atoms with van der Waals surface area (Å²) >= 11 is 1.03. The Morgan fingerprint density at radius 1 is 1.50 bits per heavy atom. The van der Waals surface area contributed by atoms with E-state index in [2.05, 4.69) is 20.3 Å². The standard InChI is InChI=1S/C12H16N6O8S2/c1-25-17-8(5-4-27-12(14)15-5)10(20)16-9-6(2-26-3-7(13)19)18(11(9)21)28(22,23)24/h4,6,9H,2-3H2,1H3,(H2,13,19)(H2,14,15)(H,16,20)(H,22,23,24)/b17-8-/t6-,9+/m1/s1. The van der Waals surface area contributed by atoms with Crippen molar-refractivity contribution in [3.8, 4) is 0 Å². The Kier molecular flexibility index (Phi) is 6.49. The quantitative estimate of drug-likeness (QED) is 0.134. The molecule has 6 N–H and O–H groups in total. The highest BCUT2D eigenvalue weighted by molar-refractivity contribution is 7.84. The second-order valence-electron chi connectivity index (χ2n) is 5.31. The van der Waals surface area contributed by atoms with Crippen LogP contribution in [-0.2, 0) is 34.3 Å². The van der Waals surface area contributed by atoms with Gasteiger partial charge in [0.15, 0.2) is 10.8 Å². The molecule has 0 unspecified atom stereocenters. The number of aromatic nitrogens is 1. The normalized spacial score (nSPS) is 19.9. The zero-order valence-corrected chi connectivity index (χ0v) is 15.9. The number of carbonyl (C=O) groups is 3. The Morgan fingerprint density at radius 3 is 2.68 bits per heavy atom. The first-order valence-electron chi connectivity index (χ1n) is 7.36. The van der Waals surface area contributed by atoms with Crippen LogP contribution in [0, 0.1) is 0 Å². The molecule has 0 aliphatic carbocycles. The molecule has 2 heterocycles. The van der Waals surface area contributed by atoms with Gasteiger partial charge in [0.25, 0.3) is 11.8 Å². The second-order valence-corrected chi connectivity index (χ2v) is 7.48. The third-order valence-electron chi connectivity index (χ3n) is 3.40. The van der Waals surface area contributed by atoms with Crippen LogP contribution in [0.4, 0.5) is 5.13 Å². The number of nitrogen functional groups attached to an aromatic ring is 1. The van der Waals surface area contributed by atoms with Gasteiger partial charge in [-0.15, -0.1) is 11.3 Å². The third kappa shape index (κ3) is 4.71. The van der Waals surface area contributed by atoms with Gasteiger partial charge in [-0.1, -0.05) is 5.16 Å². The van der Waals surface area contributed by atoms with Crippen molar-refractivity contribution in [2.45, 2.75) is 12.1 Å². The van der Waals surface area contributed by atoms with Gasteiger partial charge in [0.1, 0.15) is 31.5 Å².